The van der Waals surface area contributed by atoms with Crippen LogP contribution in [0.1, 0.15) is 11.1 Å². The summed E-state index contributed by atoms with van der Waals surface area (Å²) in [5, 5.41) is 5.41. The molecule has 0 aliphatic carbocycles. The fraction of sp³-hybridized carbons (Fsp3) is 0.167. The first kappa shape index (κ1) is 18.4. The SMILES string of the molecule is O=C(NCCc1ccccc1C(F)(F)F)C(=O)Nc1c[nH]c2ccncc12. The van der Waals surface area contributed by atoms with E-state index in [1.807, 2.05) is 0 Å². The van der Waals surface area contributed by atoms with Gasteiger partial charge in [-0.05, 0) is 24.1 Å². The van der Waals surface area contributed by atoms with Crippen molar-refractivity contribution in [2.75, 3.05) is 11.9 Å². The van der Waals surface area contributed by atoms with Gasteiger partial charge in [0.2, 0.25) is 0 Å². The van der Waals surface area contributed by atoms with Gasteiger partial charge in [-0.25, -0.2) is 0 Å². The standard InChI is InChI=1S/C18H15F3N4O2/c19-18(20,21)13-4-2-1-3-11(13)5-8-23-16(26)17(27)25-15-10-24-14-6-7-22-9-12(14)15/h1-4,6-7,9-10,24H,5,8H2,(H,23,26)(H,25,27). The van der Waals surface area contributed by atoms with Crippen molar-refractivity contribution in [2.45, 2.75) is 12.6 Å². The van der Waals surface area contributed by atoms with Crippen LogP contribution < -0.4 is 10.6 Å². The van der Waals surface area contributed by atoms with Crippen LogP contribution in [-0.4, -0.2) is 28.3 Å². The molecule has 0 bridgehead atoms. The van der Waals surface area contributed by atoms with E-state index in [1.54, 1.807) is 12.3 Å². The number of aromatic nitrogens is 2. The molecule has 0 atom stereocenters. The first-order valence-corrected chi connectivity index (χ1v) is 8.01. The van der Waals surface area contributed by atoms with Gasteiger partial charge in [-0.1, -0.05) is 18.2 Å². The van der Waals surface area contributed by atoms with E-state index in [2.05, 4.69) is 20.6 Å². The number of alkyl halides is 3. The topological polar surface area (TPSA) is 86.9 Å². The molecule has 2 aromatic heterocycles. The van der Waals surface area contributed by atoms with Gasteiger partial charge < -0.3 is 15.6 Å². The Labute approximate surface area is 151 Å². The number of nitrogens with zero attached hydrogens (tertiary/aromatic N) is 1. The normalized spacial score (nSPS) is 11.4. The molecule has 3 aromatic rings. The summed E-state index contributed by atoms with van der Waals surface area (Å²) in [5.74, 6) is -1.85. The number of rotatable bonds is 4. The van der Waals surface area contributed by atoms with Gasteiger partial charge in [-0.2, -0.15) is 13.2 Å². The van der Waals surface area contributed by atoms with Gasteiger partial charge >= 0.3 is 18.0 Å². The summed E-state index contributed by atoms with van der Waals surface area (Å²) in [6, 6.07) is 6.82. The third kappa shape index (κ3) is 4.25. The number of carbonyl (C=O) groups is 2. The summed E-state index contributed by atoms with van der Waals surface area (Å²) >= 11 is 0. The molecule has 2 amide bonds. The van der Waals surface area contributed by atoms with Crippen LogP contribution in [0.25, 0.3) is 10.9 Å². The summed E-state index contributed by atoms with van der Waals surface area (Å²) < 4.78 is 38.8. The van der Waals surface area contributed by atoms with Crippen molar-refractivity contribution < 1.29 is 22.8 Å². The minimum Gasteiger partial charge on any atom is -0.359 e. The summed E-state index contributed by atoms with van der Waals surface area (Å²) in [4.78, 5) is 30.8. The average Bonchev–Trinajstić information content (AvgIpc) is 3.04. The number of carbonyl (C=O) groups excluding carboxylic acids is 2. The lowest BCUT2D eigenvalue weighted by Crippen LogP contribution is -2.36. The molecule has 0 saturated heterocycles. The number of amides is 2. The highest BCUT2D eigenvalue weighted by atomic mass is 19.4. The Bertz CT molecular complexity index is 982. The molecule has 1 aromatic carbocycles. The maximum absolute atomic E-state index is 12.9. The molecule has 140 valence electrons. The zero-order valence-electron chi connectivity index (χ0n) is 13.9. The molecule has 3 N–H and O–H groups in total. The first-order chi connectivity index (χ1) is 12.9. The van der Waals surface area contributed by atoms with Gasteiger partial charge in [-0.15, -0.1) is 0 Å². The summed E-state index contributed by atoms with van der Waals surface area (Å²) in [5.41, 5.74) is 0.425. The van der Waals surface area contributed by atoms with E-state index >= 15 is 0 Å². The molecule has 0 fully saturated rings. The van der Waals surface area contributed by atoms with Crippen molar-refractivity contribution in [3.63, 3.8) is 0 Å². The molecular formula is C18H15F3N4O2. The van der Waals surface area contributed by atoms with Crippen molar-refractivity contribution in [1.82, 2.24) is 15.3 Å². The quantitative estimate of drug-likeness (QED) is 0.612. The predicted octanol–water partition coefficient (Wildman–Crippen LogP) is 2.88. The van der Waals surface area contributed by atoms with E-state index in [0.29, 0.717) is 11.1 Å². The Morgan fingerprint density at radius 1 is 1.11 bits per heavy atom. The molecule has 0 spiro atoms. The molecule has 0 radical (unpaired) electrons. The van der Waals surface area contributed by atoms with E-state index in [9.17, 15) is 22.8 Å². The lowest BCUT2D eigenvalue weighted by molar-refractivity contribution is -0.138. The smallest absolute Gasteiger partial charge is 0.359 e. The summed E-state index contributed by atoms with van der Waals surface area (Å²) in [7, 11) is 0. The van der Waals surface area contributed by atoms with Gasteiger partial charge in [-0.3, -0.25) is 14.6 Å². The maximum Gasteiger partial charge on any atom is 0.416 e. The molecule has 0 saturated carbocycles. The molecule has 3 rings (SSSR count). The van der Waals surface area contributed by atoms with E-state index in [0.717, 1.165) is 11.6 Å². The highest BCUT2D eigenvalue weighted by Gasteiger charge is 2.32. The van der Waals surface area contributed by atoms with Gasteiger partial charge in [0.15, 0.2) is 0 Å². The van der Waals surface area contributed by atoms with Crippen LogP contribution in [-0.2, 0) is 22.2 Å². The van der Waals surface area contributed by atoms with Crippen molar-refractivity contribution in [2.24, 2.45) is 0 Å². The Balaban J connectivity index is 1.58. The molecule has 0 unspecified atom stereocenters. The fourth-order valence-corrected chi connectivity index (χ4v) is 2.65. The van der Waals surface area contributed by atoms with Crippen LogP contribution in [0.5, 0.6) is 0 Å². The van der Waals surface area contributed by atoms with Crippen LogP contribution in [0.15, 0.2) is 48.9 Å². The van der Waals surface area contributed by atoms with Crippen molar-refractivity contribution in [3.8, 4) is 0 Å². The highest BCUT2D eigenvalue weighted by molar-refractivity contribution is 6.40. The number of hydrogen-bond donors (Lipinski definition) is 3. The number of H-pyrrole nitrogens is 1. The first-order valence-electron chi connectivity index (χ1n) is 8.01. The summed E-state index contributed by atoms with van der Waals surface area (Å²) in [6.07, 6.45) is 0.119. The zero-order valence-corrected chi connectivity index (χ0v) is 13.9. The van der Waals surface area contributed by atoms with Gasteiger partial charge in [0.1, 0.15) is 0 Å². The molecule has 0 aliphatic heterocycles. The molecular weight excluding hydrogens is 361 g/mol. The number of halogens is 3. The molecule has 27 heavy (non-hydrogen) atoms. The molecule has 0 aliphatic rings. The van der Waals surface area contributed by atoms with E-state index in [-0.39, 0.29) is 18.5 Å². The zero-order chi connectivity index (χ0) is 19.4. The number of aromatic amines is 1. The second kappa shape index (κ2) is 7.48. The Hall–Kier alpha value is -3.36. The fourth-order valence-electron chi connectivity index (χ4n) is 2.65. The van der Waals surface area contributed by atoms with Gasteiger partial charge in [0.05, 0.1) is 16.8 Å². The van der Waals surface area contributed by atoms with Crippen LogP contribution >= 0.6 is 0 Å². The number of pyridine rings is 1. The number of hydrogen-bond acceptors (Lipinski definition) is 3. The number of nitrogens with one attached hydrogen (secondary N) is 3. The minimum absolute atomic E-state index is 0.0495. The predicted molar refractivity (Wildman–Crippen MR) is 92.9 cm³/mol. The Kier molecular flexibility index (Phi) is 5.11. The number of anilines is 1. The Morgan fingerprint density at radius 2 is 1.89 bits per heavy atom. The average molecular weight is 376 g/mol. The number of benzene rings is 1. The third-order valence-electron chi connectivity index (χ3n) is 3.94. The van der Waals surface area contributed by atoms with Crippen LogP contribution in [0, 0.1) is 0 Å². The van der Waals surface area contributed by atoms with Crippen LogP contribution in [0.4, 0.5) is 18.9 Å². The van der Waals surface area contributed by atoms with Gasteiger partial charge in [0, 0.05) is 30.5 Å². The second-order valence-electron chi connectivity index (χ2n) is 5.74. The molecule has 9 heteroatoms. The largest absolute Gasteiger partial charge is 0.416 e. The third-order valence-corrected chi connectivity index (χ3v) is 3.94. The van der Waals surface area contributed by atoms with Gasteiger partial charge in [0.25, 0.3) is 0 Å². The van der Waals surface area contributed by atoms with E-state index in [4.69, 9.17) is 0 Å². The second-order valence-corrected chi connectivity index (χ2v) is 5.74. The number of fused-ring (bicyclic) bond motifs is 1. The summed E-state index contributed by atoms with van der Waals surface area (Å²) in [6.45, 7) is -0.102. The highest BCUT2D eigenvalue weighted by Crippen LogP contribution is 2.31. The maximum atomic E-state index is 12.9. The van der Waals surface area contributed by atoms with E-state index < -0.39 is 23.6 Å². The molecule has 6 nitrogen and oxygen atoms in total. The minimum atomic E-state index is -4.47. The van der Waals surface area contributed by atoms with Crippen molar-refractivity contribution >= 4 is 28.4 Å². The molecule has 2 heterocycles. The van der Waals surface area contributed by atoms with Crippen LogP contribution in [0.3, 0.4) is 0 Å². The van der Waals surface area contributed by atoms with Crippen LogP contribution in [0.2, 0.25) is 0 Å². The Morgan fingerprint density at radius 3 is 2.67 bits per heavy atom. The van der Waals surface area contributed by atoms with Crippen molar-refractivity contribution in [3.05, 3.63) is 60.0 Å². The lowest BCUT2D eigenvalue weighted by Gasteiger charge is -2.12. The van der Waals surface area contributed by atoms with E-state index in [1.165, 1.54) is 30.6 Å². The lowest BCUT2D eigenvalue weighted by atomic mass is 10.0. The van der Waals surface area contributed by atoms with Crippen molar-refractivity contribution in [1.29, 1.82) is 0 Å². The monoisotopic (exact) mass is 376 g/mol.